The zero-order valence-corrected chi connectivity index (χ0v) is 17.7. The maximum Gasteiger partial charge on any atom is 0.123 e. The van der Waals surface area contributed by atoms with Crippen molar-refractivity contribution in [2.24, 2.45) is 11.8 Å². The molecule has 0 spiro atoms. The van der Waals surface area contributed by atoms with Crippen molar-refractivity contribution in [2.75, 3.05) is 66.1 Å². The first kappa shape index (κ1) is 20.1. The Balaban J connectivity index is 1.38. The maximum absolute atomic E-state index is 9.98. The molecule has 3 aliphatic rings. The van der Waals surface area contributed by atoms with Crippen LogP contribution in [-0.2, 0) is 19.4 Å². The average molecular weight is 388 g/mol. The van der Waals surface area contributed by atoms with Crippen LogP contribution in [0.3, 0.4) is 0 Å². The molecule has 2 fully saturated rings. The van der Waals surface area contributed by atoms with Gasteiger partial charge in [0.2, 0.25) is 0 Å². The first-order chi connectivity index (χ1) is 13.7. The third-order valence-corrected chi connectivity index (χ3v) is 7.18. The molecule has 2 atom stereocenters. The molecule has 156 valence electrons. The van der Waals surface area contributed by atoms with E-state index in [9.17, 15) is 5.11 Å². The molecule has 0 unspecified atom stereocenters. The highest BCUT2D eigenvalue weighted by Gasteiger charge is 2.34. The fourth-order valence-electron chi connectivity index (χ4n) is 5.41. The van der Waals surface area contributed by atoms with Crippen molar-refractivity contribution < 1.29 is 9.84 Å². The molecule has 1 aliphatic carbocycles. The molecule has 0 radical (unpaired) electrons. The van der Waals surface area contributed by atoms with Crippen LogP contribution in [0.25, 0.3) is 0 Å². The molecule has 4 rings (SSSR count). The van der Waals surface area contributed by atoms with E-state index in [1.807, 2.05) is 0 Å². The van der Waals surface area contributed by atoms with Gasteiger partial charge in [0.1, 0.15) is 5.75 Å². The number of fused-ring (bicyclic) bond motifs is 1. The van der Waals surface area contributed by atoms with Gasteiger partial charge in [-0.15, -0.1) is 0 Å². The topological polar surface area (TPSA) is 39.2 Å². The Bertz CT molecular complexity index is 657. The predicted molar refractivity (Wildman–Crippen MR) is 113 cm³/mol. The number of hydrogen-bond donors (Lipinski definition) is 1. The molecule has 0 amide bonds. The summed E-state index contributed by atoms with van der Waals surface area (Å²) >= 11 is 0. The second kappa shape index (κ2) is 9.12. The lowest BCUT2D eigenvalue weighted by molar-refractivity contribution is 0.106. The Kier molecular flexibility index (Phi) is 6.56. The van der Waals surface area contributed by atoms with E-state index < -0.39 is 0 Å². The fraction of sp³-hybridized carbons (Fsp3) is 0.739. The van der Waals surface area contributed by atoms with Gasteiger partial charge in [-0.2, -0.15) is 0 Å². The molecule has 2 saturated heterocycles. The number of benzene rings is 1. The maximum atomic E-state index is 9.98. The normalized spacial score (nSPS) is 26.7. The highest BCUT2D eigenvalue weighted by molar-refractivity contribution is 5.44. The number of rotatable bonds is 7. The summed E-state index contributed by atoms with van der Waals surface area (Å²) in [5.74, 6) is 2.00. The van der Waals surface area contributed by atoms with Gasteiger partial charge in [0.15, 0.2) is 0 Å². The van der Waals surface area contributed by atoms with E-state index in [2.05, 4.69) is 33.8 Å². The number of aliphatic hydroxyl groups excluding tert-OH is 1. The van der Waals surface area contributed by atoms with Crippen LogP contribution in [0.4, 0.5) is 0 Å². The number of ether oxygens (including phenoxy) is 1. The number of nitrogens with zero attached hydrogens (tertiary/aromatic N) is 3. The molecule has 28 heavy (non-hydrogen) atoms. The summed E-state index contributed by atoms with van der Waals surface area (Å²) < 4.78 is 5.71. The third-order valence-electron chi connectivity index (χ3n) is 7.18. The lowest BCUT2D eigenvalue weighted by Gasteiger charge is -2.36. The van der Waals surface area contributed by atoms with Crippen molar-refractivity contribution in [1.82, 2.24) is 14.7 Å². The van der Waals surface area contributed by atoms with Gasteiger partial charge < -0.3 is 19.6 Å². The van der Waals surface area contributed by atoms with E-state index in [-0.39, 0.29) is 0 Å². The van der Waals surface area contributed by atoms with Gasteiger partial charge in [0.25, 0.3) is 0 Å². The SMILES string of the molecule is CCN1CCN(C[C@@H]2CN(Cc3cc4c(cc3OC)CCC4)C[C@@H]2CO)CC1. The summed E-state index contributed by atoms with van der Waals surface area (Å²) in [6.45, 7) is 12.6. The second-order valence-corrected chi connectivity index (χ2v) is 8.92. The van der Waals surface area contributed by atoms with E-state index in [1.54, 1.807) is 7.11 Å². The van der Waals surface area contributed by atoms with E-state index >= 15 is 0 Å². The minimum absolute atomic E-state index is 0.303. The van der Waals surface area contributed by atoms with Crippen molar-refractivity contribution in [1.29, 1.82) is 0 Å². The Morgan fingerprint density at radius 3 is 2.32 bits per heavy atom. The largest absolute Gasteiger partial charge is 0.496 e. The standard InChI is InChI=1S/C23H37N3O2/c1-3-24-7-9-25(10-8-24)14-21-15-26(16-22(21)17-27)13-20-11-18-5-4-6-19(18)12-23(20)28-2/h11-12,21-22,27H,3-10,13-17H2,1-2H3/t21-,22-/m1/s1. The smallest absolute Gasteiger partial charge is 0.123 e. The molecule has 1 aromatic carbocycles. The highest BCUT2D eigenvalue weighted by atomic mass is 16.5. The van der Waals surface area contributed by atoms with Crippen LogP contribution in [-0.4, -0.2) is 85.9 Å². The summed E-state index contributed by atoms with van der Waals surface area (Å²) in [5.41, 5.74) is 4.30. The molecule has 2 heterocycles. The van der Waals surface area contributed by atoms with Crippen molar-refractivity contribution in [3.05, 3.63) is 28.8 Å². The van der Waals surface area contributed by atoms with Gasteiger partial charge in [-0.25, -0.2) is 0 Å². The van der Waals surface area contributed by atoms with Gasteiger partial charge >= 0.3 is 0 Å². The minimum atomic E-state index is 0.303. The van der Waals surface area contributed by atoms with Gasteiger partial charge in [0, 0.05) is 64.5 Å². The number of hydrogen-bond acceptors (Lipinski definition) is 5. The molecule has 0 aromatic heterocycles. The van der Waals surface area contributed by atoms with E-state index in [0.29, 0.717) is 18.4 Å². The number of likely N-dealkylation sites (N-methyl/N-ethyl adjacent to an activating group) is 1. The zero-order chi connectivity index (χ0) is 19.5. The van der Waals surface area contributed by atoms with Gasteiger partial charge in [-0.3, -0.25) is 4.90 Å². The molecule has 1 N–H and O–H groups in total. The molecule has 0 bridgehead atoms. The second-order valence-electron chi connectivity index (χ2n) is 8.92. The van der Waals surface area contributed by atoms with Crippen LogP contribution >= 0.6 is 0 Å². The third kappa shape index (κ3) is 4.38. The number of aliphatic hydroxyl groups is 1. The van der Waals surface area contributed by atoms with Crippen LogP contribution in [0.2, 0.25) is 0 Å². The van der Waals surface area contributed by atoms with Gasteiger partial charge in [-0.05, 0) is 54.8 Å². The fourth-order valence-corrected chi connectivity index (χ4v) is 5.41. The number of aryl methyl sites for hydroxylation is 2. The number of piperazine rings is 1. The molecule has 1 aromatic rings. The zero-order valence-electron chi connectivity index (χ0n) is 17.7. The molecule has 5 nitrogen and oxygen atoms in total. The highest BCUT2D eigenvalue weighted by Crippen LogP contribution is 2.33. The van der Waals surface area contributed by atoms with Crippen LogP contribution < -0.4 is 4.74 Å². The Morgan fingerprint density at radius 1 is 0.964 bits per heavy atom. The lowest BCUT2D eigenvalue weighted by atomic mass is 9.96. The molecular weight excluding hydrogens is 350 g/mol. The van der Waals surface area contributed by atoms with Crippen LogP contribution in [0.5, 0.6) is 5.75 Å². The Hall–Kier alpha value is -1.14. The summed E-state index contributed by atoms with van der Waals surface area (Å²) in [4.78, 5) is 7.67. The van der Waals surface area contributed by atoms with Crippen LogP contribution in [0.15, 0.2) is 12.1 Å². The predicted octanol–water partition coefficient (Wildman–Crippen LogP) is 1.86. The average Bonchev–Trinajstić information content (AvgIpc) is 3.33. The summed E-state index contributed by atoms with van der Waals surface area (Å²) in [7, 11) is 1.79. The summed E-state index contributed by atoms with van der Waals surface area (Å²) in [6.07, 6.45) is 3.67. The van der Waals surface area contributed by atoms with Crippen molar-refractivity contribution in [3.8, 4) is 5.75 Å². The van der Waals surface area contributed by atoms with Crippen molar-refractivity contribution >= 4 is 0 Å². The van der Waals surface area contributed by atoms with Crippen molar-refractivity contribution in [2.45, 2.75) is 32.7 Å². The van der Waals surface area contributed by atoms with Gasteiger partial charge in [0.05, 0.1) is 7.11 Å². The van der Waals surface area contributed by atoms with Crippen molar-refractivity contribution in [3.63, 3.8) is 0 Å². The number of likely N-dealkylation sites (tertiary alicyclic amines) is 1. The van der Waals surface area contributed by atoms with Crippen LogP contribution in [0, 0.1) is 11.8 Å². The molecule has 5 heteroatoms. The first-order valence-corrected chi connectivity index (χ1v) is 11.2. The molecule has 0 saturated carbocycles. The number of methoxy groups -OCH3 is 1. The summed E-state index contributed by atoms with van der Waals surface area (Å²) in [6, 6.07) is 4.65. The van der Waals surface area contributed by atoms with E-state index in [1.165, 1.54) is 62.1 Å². The first-order valence-electron chi connectivity index (χ1n) is 11.2. The monoisotopic (exact) mass is 387 g/mol. The lowest BCUT2D eigenvalue weighted by Crippen LogP contribution is -2.48. The molecular formula is C23H37N3O2. The Labute approximate surface area is 170 Å². The van der Waals surface area contributed by atoms with E-state index in [4.69, 9.17) is 4.74 Å². The summed E-state index contributed by atoms with van der Waals surface area (Å²) in [5, 5.41) is 9.98. The Morgan fingerprint density at radius 2 is 1.64 bits per heavy atom. The van der Waals surface area contributed by atoms with Gasteiger partial charge in [-0.1, -0.05) is 13.0 Å². The van der Waals surface area contributed by atoms with Crippen LogP contribution in [0.1, 0.15) is 30.0 Å². The minimum Gasteiger partial charge on any atom is -0.496 e. The quantitative estimate of drug-likeness (QED) is 0.773. The molecule has 2 aliphatic heterocycles. The van der Waals surface area contributed by atoms with E-state index in [0.717, 1.165) is 38.5 Å².